The third-order valence-electron chi connectivity index (χ3n) is 7.10. The molecule has 1 aliphatic rings. The van der Waals surface area contributed by atoms with Crippen LogP contribution in [0.5, 0.6) is 11.5 Å². The Morgan fingerprint density at radius 3 is 2.22 bits per heavy atom. The van der Waals surface area contributed by atoms with E-state index in [0.717, 1.165) is 73.8 Å². The summed E-state index contributed by atoms with van der Waals surface area (Å²) in [5.41, 5.74) is 6.85. The van der Waals surface area contributed by atoms with Gasteiger partial charge in [-0.05, 0) is 117 Å². The molecule has 0 radical (unpaired) electrons. The Bertz CT molecular complexity index is 1060. The van der Waals surface area contributed by atoms with E-state index in [1.165, 1.54) is 16.7 Å². The highest BCUT2D eigenvalue weighted by molar-refractivity contribution is 5.78. The average molecular weight is 511 g/mol. The Morgan fingerprint density at radius 2 is 1.59 bits per heavy atom. The smallest absolute Gasteiger partial charge is 0.311 e. The lowest BCUT2D eigenvalue weighted by Gasteiger charge is -2.37. The minimum Gasteiger partial charge on any atom is -0.487 e. The normalized spacial score (nSPS) is 17.6. The lowest BCUT2D eigenvalue weighted by Crippen LogP contribution is -2.36. The minimum atomic E-state index is -1.01. The van der Waals surface area contributed by atoms with E-state index in [1.54, 1.807) is 0 Å². The van der Waals surface area contributed by atoms with Gasteiger partial charge in [-0.2, -0.15) is 0 Å². The number of carboxylic acids is 1. The van der Waals surface area contributed by atoms with Crippen LogP contribution in [-0.2, 0) is 16.0 Å². The van der Waals surface area contributed by atoms with Gasteiger partial charge in [0, 0.05) is 5.56 Å². The molecule has 1 N–H and O–H groups in total. The molecular weight excluding hydrogens is 464 g/mol. The molecule has 1 aliphatic heterocycles. The van der Waals surface area contributed by atoms with Crippen molar-refractivity contribution in [2.75, 3.05) is 0 Å². The monoisotopic (exact) mass is 510 g/mol. The summed E-state index contributed by atoms with van der Waals surface area (Å²) in [7, 11) is 0. The van der Waals surface area contributed by atoms with Crippen molar-refractivity contribution in [1.29, 1.82) is 0 Å². The number of esters is 1. The summed E-state index contributed by atoms with van der Waals surface area (Å²) in [5, 5.41) is 8.80. The summed E-state index contributed by atoms with van der Waals surface area (Å²) in [6.07, 6.45) is 14.8. The number of fused-ring (bicyclic) bond motifs is 1. The first-order valence-electron chi connectivity index (χ1n) is 13.6. The molecular formula is C32H46O5. The highest BCUT2D eigenvalue weighted by atomic mass is 16.5. The highest BCUT2D eigenvalue weighted by Crippen LogP contribution is 2.42. The largest absolute Gasteiger partial charge is 0.487 e. The van der Waals surface area contributed by atoms with Gasteiger partial charge in [0.25, 0.3) is 0 Å². The predicted molar refractivity (Wildman–Crippen MR) is 150 cm³/mol. The number of carboxylic acid groups (broad SMARTS) is 1. The van der Waals surface area contributed by atoms with Crippen molar-refractivity contribution in [2.45, 2.75) is 118 Å². The third kappa shape index (κ3) is 10.2. The van der Waals surface area contributed by atoms with Crippen LogP contribution < -0.4 is 9.47 Å². The molecule has 1 aromatic rings. The molecule has 204 valence electrons. The van der Waals surface area contributed by atoms with Crippen LogP contribution in [0.15, 0.2) is 41.0 Å². The molecule has 1 heterocycles. The van der Waals surface area contributed by atoms with Gasteiger partial charge in [0.1, 0.15) is 17.1 Å². The fourth-order valence-corrected chi connectivity index (χ4v) is 4.74. The number of carbonyl (C=O) groups excluding carboxylic acids is 1. The zero-order valence-corrected chi connectivity index (χ0v) is 24.0. The molecule has 0 aromatic heterocycles. The SMILES string of the molecule is CC(C)=CCC/C(C)=C/CC/C(C)=C/CCC1(C)CCc2c(cc(C)c(OC(=O)CCC(=O)O)c2C)O1. The van der Waals surface area contributed by atoms with E-state index in [9.17, 15) is 9.59 Å². The van der Waals surface area contributed by atoms with Gasteiger partial charge in [-0.1, -0.05) is 34.9 Å². The van der Waals surface area contributed by atoms with Gasteiger partial charge >= 0.3 is 11.9 Å². The Labute approximate surface area is 223 Å². The molecule has 0 spiro atoms. The summed E-state index contributed by atoms with van der Waals surface area (Å²) >= 11 is 0. The zero-order valence-electron chi connectivity index (χ0n) is 24.0. The van der Waals surface area contributed by atoms with E-state index < -0.39 is 11.9 Å². The Hall–Kier alpha value is -2.82. The Kier molecular flexibility index (Phi) is 11.7. The molecule has 0 saturated carbocycles. The number of allylic oxidation sites excluding steroid dienone is 6. The topological polar surface area (TPSA) is 72.8 Å². The first kappa shape index (κ1) is 30.4. The number of hydrogen-bond donors (Lipinski definition) is 1. The maximum Gasteiger partial charge on any atom is 0.311 e. The van der Waals surface area contributed by atoms with Gasteiger partial charge < -0.3 is 14.6 Å². The van der Waals surface area contributed by atoms with Crippen LogP contribution >= 0.6 is 0 Å². The van der Waals surface area contributed by atoms with Crippen LogP contribution in [0.25, 0.3) is 0 Å². The fourth-order valence-electron chi connectivity index (χ4n) is 4.74. The number of benzene rings is 1. The molecule has 5 heteroatoms. The maximum absolute atomic E-state index is 12.1. The molecule has 1 aromatic carbocycles. The summed E-state index contributed by atoms with van der Waals surface area (Å²) < 4.78 is 12.0. The van der Waals surface area contributed by atoms with Crippen LogP contribution in [0.3, 0.4) is 0 Å². The van der Waals surface area contributed by atoms with Crippen molar-refractivity contribution < 1.29 is 24.2 Å². The van der Waals surface area contributed by atoms with Gasteiger partial charge in [-0.3, -0.25) is 9.59 Å². The van der Waals surface area contributed by atoms with Crippen molar-refractivity contribution >= 4 is 11.9 Å². The van der Waals surface area contributed by atoms with Crippen LogP contribution in [0.1, 0.15) is 109 Å². The number of rotatable bonds is 13. The molecule has 0 saturated heterocycles. The summed E-state index contributed by atoms with van der Waals surface area (Å²) in [6, 6.07) is 1.95. The quantitative estimate of drug-likeness (QED) is 0.164. The highest BCUT2D eigenvalue weighted by Gasteiger charge is 2.33. The molecule has 2 rings (SSSR count). The maximum atomic E-state index is 12.1. The zero-order chi connectivity index (χ0) is 27.6. The Morgan fingerprint density at radius 1 is 0.973 bits per heavy atom. The van der Waals surface area contributed by atoms with Gasteiger partial charge in [-0.25, -0.2) is 0 Å². The second kappa shape index (κ2) is 14.2. The van der Waals surface area contributed by atoms with Gasteiger partial charge in [0.05, 0.1) is 12.8 Å². The molecule has 0 fully saturated rings. The summed E-state index contributed by atoms with van der Waals surface area (Å²) in [4.78, 5) is 22.8. The van der Waals surface area contributed by atoms with E-state index in [4.69, 9.17) is 14.6 Å². The predicted octanol–water partition coefficient (Wildman–Crippen LogP) is 8.36. The first-order valence-corrected chi connectivity index (χ1v) is 13.6. The molecule has 1 atom stereocenters. The number of aryl methyl sites for hydroxylation is 1. The molecule has 0 bridgehead atoms. The van der Waals surface area contributed by atoms with Crippen molar-refractivity contribution in [3.05, 3.63) is 57.7 Å². The van der Waals surface area contributed by atoms with Gasteiger partial charge in [0.2, 0.25) is 0 Å². The molecule has 0 aliphatic carbocycles. The number of carbonyl (C=O) groups is 2. The lowest BCUT2D eigenvalue weighted by molar-refractivity contribution is -0.142. The Balaban J connectivity index is 1.91. The molecule has 37 heavy (non-hydrogen) atoms. The molecule has 5 nitrogen and oxygen atoms in total. The summed E-state index contributed by atoms with van der Waals surface area (Å²) in [5.74, 6) is -0.137. The van der Waals surface area contributed by atoms with Crippen molar-refractivity contribution in [2.24, 2.45) is 0 Å². The summed E-state index contributed by atoms with van der Waals surface area (Å²) in [6.45, 7) is 14.8. The van der Waals surface area contributed by atoms with Crippen LogP contribution in [0.2, 0.25) is 0 Å². The van der Waals surface area contributed by atoms with E-state index in [0.29, 0.717) is 5.75 Å². The van der Waals surface area contributed by atoms with Crippen LogP contribution in [0.4, 0.5) is 0 Å². The van der Waals surface area contributed by atoms with E-state index in [1.807, 2.05) is 19.9 Å². The fraction of sp³-hybridized carbons (Fsp3) is 0.562. The number of hydrogen-bond acceptors (Lipinski definition) is 4. The minimum absolute atomic E-state index is 0.140. The average Bonchev–Trinajstić information content (AvgIpc) is 2.80. The third-order valence-corrected chi connectivity index (χ3v) is 7.10. The standard InChI is InChI=1S/C32H46O5/c1-22(2)11-8-12-23(3)13-9-14-24(4)15-10-19-32(7)20-18-27-26(6)31(25(5)21-28(27)37-32)36-30(35)17-16-29(33)34/h11,13,15,21H,8-10,12,14,16-20H2,1-7H3,(H,33,34)/b23-13+,24-15+. The molecule has 0 amide bonds. The van der Waals surface area contributed by atoms with Gasteiger partial charge in [-0.15, -0.1) is 0 Å². The van der Waals surface area contributed by atoms with Crippen molar-refractivity contribution in [1.82, 2.24) is 0 Å². The molecule has 1 unspecified atom stereocenters. The first-order chi connectivity index (χ1) is 17.4. The van der Waals surface area contributed by atoms with Crippen LogP contribution in [-0.4, -0.2) is 22.6 Å². The second-order valence-corrected chi connectivity index (χ2v) is 11.0. The van der Waals surface area contributed by atoms with Crippen LogP contribution in [0, 0.1) is 13.8 Å². The van der Waals surface area contributed by atoms with Gasteiger partial charge in [0.15, 0.2) is 0 Å². The van der Waals surface area contributed by atoms with E-state index in [2.05, 4.69) is 52.8 Å². The van der Waals surface area contributed by atoms with E-state index >= 15 is 0 Å². The number of aliphatic carboxylic acids is 1. The van der Waals surface area contributed by atoms with E-state index in [-0.39, 0.29) is 18.4 Å². The number of ether oxygens (including phenoxy) is 2. The van der Waals surface area contributed by atoms with Crippen molar-refractivity contribution in [3.63, 3.8) is 0 Å². The van der Waals surface area contributed by atoms with Crippen molar-refractivity contribution in [3.8, 4) is 11.5 Å². The lowest BCUT2D eigenvalue weighted by atomic mass is 9.86. The second-order valence-electron chi connectivity index (χ2n) is 11.0.